The third-order valence-electron chi connectivity index (χ3n) is 3.26. The number of benzene rings is 1. The van der Waals surface area contributed by atoms with Crippen LogP contribution in [-0.4, -0.2) is 16.8 Å². The quantitative estimate of drug-likeness (QED) is 0.853. The predicted molar refractivity (Wildman–Crippen MR) is 72.2 cm³/mol. The molecule has 1 amide bonds. The molecule has 20 heavy (non-hydrogen) atoms. The maximum Gasteiger partial charge on any atom is 0.261 e. The van der Waals surface area contributed by atoms with Crippen molar-refractivity contribution in [3.05, 3.63) is 52.0 Å². The number of ketones is 1. The van der Waals surface area contributed by atoms with Crippen LogP contribution in [0.2, 0.25) is 0 Å². The minimum Gasteiger partial charge on any atom is -0.375 e. The van der Waals surface area contributed by atoms with E-state index in [1.165, 1.54) is 23.5 Å². The van der Waals surface area contributed by atoms with Gasteiger partial charge < -0.3 is 10.4 Å². The Kier molecular flexibility index (Phi) is 2.92. The second-order valence-corrected chi connectivity index (χ2v) is 5.53. The molecule has 0 radical (unpaired) electrons. The molecule has 0 spiro atoms. The van der Waals surface area contributed by atoms with E-state index in [2.05, 4.69) is 5.32 Å². The molecule has 2 aromatic rings. The van der Waals surface area contributed by atoms with E-state index in [0.29, 0.717) is 10.6 Å². The zero-order valence-electron chi connectivity index (χ0n) is 10.2. The maximum atomic E-state index is 13.3. The standard InChI is InChI=1S/C14H10FNO3S/c15-8-3-4-10-9(6-8)14(19,13(18)16-10)7-11(17)12-2-1-5-20-12/h1-6,19H,7H2,(H,16,18)/t14-/m0/s1. The smallest absolute Gasteiger partial charge is 0.261 e. The van der Waals surface area contributed by atoms with Gasteiger partial charge in [-0.15, -0.1) is 11.3 Å². The lowest BCUT2D eigenvalue weighted by Crippen LogP contribution is -2.36. The molecule has 0 fully saturated rings. The average Bonchev–Trinajstić information content (AvgIpc) is 3.00. The van der Waals surface area contributed by atoms with Gasteiger partial charge in [0.2, 0.25) is 0 Å². The number of fused-ring (bicyclic) bond motifs is 1. The number of halogens is 1. The Bertz CT molecular complexity index is 698. The van der Waals surface area contributed by atoms with Crippen LogP contribution in [0.5, 0.6) is 0 Å². The normalized spacial score (nSPS) is 20.6. The van der Waals surface area contributed by atoms with Gasteiger partial charge in [0.05, 0.1) is 11.3 Å². The molecule has 0 bridgehead atoms. The van der Waals surface area contributed by atoms with E-state index < -0.39 is 23.7 Å². The van der Waals surface area contributed by atoms with Crippen molar-refractivity contribution in [3.8, 4) is 0 Å². The first-order valence-corrected chi connectivity index (χ1v) is 6.79. The highest BCUT2D eigenvalue weighted by Crippen LogP contribution is 2.39. The molecule has 0 unspecified atom stereocenters. The Morgan fingerprint density at radius 2 is 2.20 bits per heavy atom. The summed E-state index contributed by atoms with van der Waals surface area (Å²) in [5, 5.41) is 14.7. The Balaban J connectivity index is 1.98. The van der Waals surface area contributed by atoms with E-state index in [1.54, 1.807) is 17.5 Å². The molecule has 2 N–H and O–H groups in total. The maximum absolute atomic E-state index is 13.3. The van der Waals surface area contributed by atoms with Crippen molar-refractivity contribution in [3.63, 3.8) is 0 Å². The number of rotatable bonds is 3. The predicted octanol–water partition coefficient (Wildman–Crippen LogP) is 2.30. The van der Waals surface area contributed by atoms with Gasteiger partial charge in [0.15, 0.2) is 11.4 Å². The number of anilines is 1. The molecule has 0 saturated carbocycles. The van der Waals surface area contributed by atoms with Gasteiger partial charge in [0.1, 0.15) is 5.82 Å². The number of aliphatic hydroxyl groups is 1. The lowest BCUT2D eigenvalue weighted by Gasteiger charge is -2.19. The largest absolute Gasteiger partial charge is 0.375 e. The van der Waals surface area contributed by atoms with E-state index in [0.717, 1.165) is 6.07 Å². The third kappa shape index (κ3) is 1.93. The van der Waals surface area contributed by atoms with Crippen molar-refractivity contribution in [2.24, 2.45) is 0 Å². The second-order valence-electron chi connectivity index (χ2n) is 4.58. The number of hydrogen-bond acceptors (Lipinski definition) is 4. The van der Waals surface area contributed by atoms with Crippen LogP contribution < -0.4 is 5.32 Å². The van der Waals surface area contributed by atoms with Crippen molar-refractivity contribution in [2.75, 3.05) is 5.32 Å². The number of hydrogen-bond donors (Lipinski definition) is 2. The highest BCUT2D eigenvalue weighted by Gasteiger charge is 2.47. The fraction of sp³-hybridized carbons (Fsp3) is 0.143. The first-order valence-electron chi connectivity index (χ1n) is 5.91. The molecule has 1 aromatic carbocycles. The van der Waals surface area contributed by atoms with E-state index in [9.17, 15) is 19.1 Å². The van der Waals surface area contributed by atoms with Crippen LogP contribution in [0.1, 0.15) is 21.7 Å². The summed E-state index contributed by atoms with van der Waals surface area (Å²) in [7, 11) is 0. The first kappa shape index (κ1) is 13.0. The number of Topliss-reactive ketones (excluding diaryl/α,β-unsaturated/α-hetero) is 1. The molecule has 1 atom stereocenters. The van der Waals surface area contributed by atoms with E-state index >= 15 is 0 Å². The summed E-state index contributed by atoms with van der Waals surface area (Å²) in [6.45, 7) is 0. The molecule has 3 rings (SSSR count). The first-order chi connectivity index (χ1) is 9.50. The number of nitrogens with one attached hydrogen (secondary N) is 1. The summed E-state index contributed by atoms with van der Waals surface area (Å²) in [4.78, 5) is 24.5. The summed E-state index contributed by atoms with van der Waals surface area (Å²) in [6.07, 6.45) is -0.407. The zero-order chi connectivity index (χ0) is 14.3. The summed E-state index contributed by atoms with van der Waals surface area (Å²) < 4.78 is 13.3. The van der Waals surface area contributed by atoms with Gasteiger partial charge in [-0.3, -0.25) is 9.59 Å². The fourth-order valence-electron chi connectivity index (χ4n) is 2.25. The van der Waals surface area contributed by atoms with Gasteiger partial charge in [0.25, 0.3) is 5.91 Å². The summed E-state index contributed by atoms with van der Waals surface area (Å²) in [5.74, 6) is -1.62. The molecule has 1 aromatic heterocycles. The van der Waals surface area contributed by atoms with Gasteiger partial charge in [-0.05, 0) is 29.6 Å². The Morgan fingerprint density at radius 1 is 1.40 bits per heavy atom. The molecule has 2 heterocycles. The molecular weight excluding hydrogens is 281 g/mol. The van der Waals surface area contributed by atoms with Crippen LogP contribution in [0.3, 0.4) is 0 Å². The monoisotopic (exact) mass is 291 g/mol. The van der Waals surface area contributed by atoms with Crippen LogP contribution in [0.25, 0.3) is 0 Å². The summed E-state index contributed by atoms with van der Waals surface area (Å²) in [5.41, 5.74) is -1.58. The van der Waals surface area contributed by atoms with Crippen LogP contribution in [-0.2, 0) is 10.4 Å². The highest BCUT2D eigenvalue weighted by atomic mass is 32.1. The number of carbonyl (C=O) groups is 2. The fourth-order valence-corrected chi connectivity index (χ4v) is 2.91. The third-order valence-corrected chi connectivity index (χ3v) is 4.17. The lowest BCUT2D eigenvalue weighted by atomic mass is 9.89. The van der Waals surface area contributed by atoms with Crippen LogP contribution in [0, 0.1) is 5.82 Å². The topological polar surface area (TPSA) is 66.4 Å². The lowest BCUT2D eigenvalue weighted by molar-refractivity contribution is -0.133. The van der Waals surface area contributed by atoms with Crippen LogP contribution in [0.4, 0.5) is 10.1 Å². The minimum absolute atomic E-state index is 0.104. The zero-order valence-corrected chi connectivity index (χ0v) is 11.0. The molecule has 0 aliphatic carbocycles. The van der Waals surface area contributed by atoms with Gasteiger partial charge in [-0.1, -0.05) is 6.07 Å². The second kappa shape index (κ2) is 4.50. The number of thiophene rings is 1. The molecule has 1 aliphatic heterocycles. The van der Waals surface area contributed by atoms with Crippen molar-refractivity contribution in [2.45, 2.75) is 12.0 Å². The number of carbonyl (C=O) groups excluding carboxylic acids is 2. The van der Waals surface area contributed by atoms with Crippen molar-refractivity contribution in [1.82, 2.24) is 0 Å². The Morgan fingerprint density at radius 3 is 2.90 bits per heavy atom. The van der Waals surface area contributed by atoms with Gasteiger partial charge in [0, 0.05) is 11.3 Å². The average molecular weight is 291 g/mol. The number of amides is 1. The highest BCUT2D eigenvalue weighted by molar-refractivity contribution is 7.12. The van der Waals surface area contributed by atoms with Crippen molar-refractivity contribution in [1.29, 1.82) is 0 Å². The van der Waals surface area contributed by atoms with Gasteiger partial charge in [-0.2, -0.15) is 0 Å². The van der Waals surface area contributed by atoms with E-state index in [-0.39, 0.29) is 11.3 Å². The summed E-state index contributed by atoms with van der Waals surface area (Å²) in [6, 6.07) is 6.97. The van der Waals surface area contributed by atoms with Gasteiger partial charge >= 0.3 is 0 Å². The van der Waals surface area contributed by atoms with E-state index in [4.69, 9.17) is 0 Å². The van der Waals surface area contributed by atoms with Crippen LogP contribution in [0.15, 0.2) is 35.7 Å². The van der Waals surface area contributed by atoms with Crippen molar-refractivity contribution < 1.29 is 19.1 Å². The molecule has 0 saturated heterocycles. The van der Waals surface area contributed by atoms with Crippen molar-refractivity contribution >= 4 is 28.7 Å². The molecule has 102 valence electrons. The Hall–Kier alpha value is -2.05. The van der Waals surface area contributed by atoms with E-state index in [1.807, 2.05) is 0 Å². The van der Waals surface area contributed by atoms with Crippen LogP contribution >= 0.6 is 11.3 Å². The summed E-state index contributed by atoms with van der Waals surface area (Å²) >= 11 is 1.23. The molecular formula is C14H10FNO3S. The SMILES string of the molecule is O=C(C[C@@]1(O)C(=O)Nc2ccc(F)cc21)c1cccs1. The molecule has 4 nitrogen and oxygen atoms in total. The Labute approximate surface area is 117 Å². The molecule has 6 heteroatoms. The van der Waals surface area contributed by atoms with Gasteiger partial charge in [-0.25, -0.2) is 4.39 Å². The minimum atomic E-state index is -2.02. The molecule has 1 aliphatic rings.